The van der Waals surface area contributed by atoms with Crippen LogP contribution in [0.25, 0.3) is 0 Å². The maximum absolute atomic E-state index is 12.7. The van der Waals surface area contributed by atoms with Gasteiger partial charge in [-0.1, -0.05) is 19.1 Å². The van der Waals surface area contributed by atoms with Gasteiger partial charge in [0.2, 0.25) is 0 Å². The van der Waals surface area contributed by atoms with Crippen molar-refractivity contribution in [1.29, 1.82) is 0 Å². The summed E-state index contributed by atoms with van der Waals surface area (Å²) in [6.45, 7) is 7.23. The lowest BCUT2D eigenvalue weighted by molar-refractivity contribution is 0.0695. The lowest BCUT2D eigenvalue weighted by Crippen LogP contribution is -2.38. The van der Waals surface area contributed by atoms with Crippen molar-refractivity contribution in [2.45, 2.75) is 51.6 Å². The van der Waals surface area contributed by atoms with Gasteiger partial charge >= 0.3 is 0 Å². The molecular formula is C15H26ClN5O. The number of nitrogens with one attached hydrogen (secondary N) is 1. The molecule has 3 heterocycles. The highest BCUT2D eigenvalue weighted by Gasteiger charge is 2.32. The van der Waals surface area contributed by atoms with Crippen LogP contribution in [0.5, 0.6) is 0 Å². The van der Waals surface area contributed by atoms with Gasteiger partial charge in [-0.3, -0.25) is 4.79 Å². The highest BCUT2D eigenvalue weighted by atomic mass is 35.5. The Hall–Kier alpha value is -1.14. The van der Waals surface area contributed by atoms with Gasteiger partial charge in [0.25, 0.3) is 5.91 Å². The molecule has 124 valence electrons. The third-order valence-electron chi connectivity index (χ3n) is 4.74. The van der Waals surface area contributed by atoms with Crippen LogP contribution in [-0.2, 0) is 0 Å². The number of rotatable bonds is 3. The molecule has 2 fully saturated rings. The summed E-state index contributed by atoms with van der Waals surface area (Å²) >= 11 is 0. The Morgan fingerprint density at radius 3 is 2.73 bits per heavy atom. The molecule has 2 aliphatic rings. The van der Waals surface area contributed by atoms with E-state index in [9.17, 15) is 4.79 Å². The highest BCUT2D eigenvalue weighted by Crippen LogP contribution is 2.25. The van der Waals surface area contributed by atoms with E-state index in [-0.39, 0.29) is 18.3 Å². The van der Waals surface area contributed by atoms with Gasteiger partial charge in [-0.2, -0.15) is 0 Å². The van der Waals surface area contributed by atoms with Gasteiger partial charge in [-0.25, -0.2) is 4.68 Å². The summed E-state index contributed by atoms with van der Waals surface area (Å²) in [5, 5.41) is 11.7. The molecule has 1 N–H and O–H groups in total. The zero-order valence-electron chi connectivity index (χ0n) is 13.4. The van der Waals surface area contributed by atoms with Gasteiger partial charge in [-0.15, -0.1) is 17.5 Å². The molecular weight excluding hydrogens is 302 g/mol. The van der Waals surface area contributed by atoms with Gasteiger partial charge < -0.3 is 10.2 Å². The number of carbonyl (C=O) groups excluding carboxylic acids is 1. The summed E-state index contributed by atoms with van der Waals surface area (Å²) in [6, 6.07) is 0.723. The Morgan fingerprint density at radius 1 is 1.32 bits per heavy atom. The van der Waals surface area contributed by atoms with Crippen LogP contribution >= 0.6 is 12.4 Å². The minimum Gasteiger partial charge on any atom is -0.334 e. The van der Waals surface area contributed by atoms with Crippen LogP contribution in [0.2, 0.25) is 0 Å². The van der Waals surface area contributed by atoms with Crippen LogP contribution in [0.4, 0.5) is 0 Å². The summed E-state index contributed by atoms with van der Waals surface area (Å²) in [6.07, 6.45) is 6.14. The number of halogens is 1. The normalized spacial score (nSPS) is 22.9. The number of piperidine rings is 1. The van der Waals surface area contributed by atoms with Gasteiger partial charge in [0.05, 0.1) is 12.2 Å². The number of amides is 1. The fraction of sp³-hybridized carbons (Fsp3) is 0.800. The summed E-state index contributed by atoms with van der Waals surface area (Å²) < 4.78 is 1.88. The smallest absolute Gasteiger partial charge is 0.276 e. The summed E-state index contributed by atoms with van der Waals surface area (Å²) in [5.41, 5.74) is 0.501. The Morgan fingerprint density at radius 2 is 2.05 bits per heavy atom. The first-order valence-corrected chi connectivity index (χ1v) is 8.10. The largest absolute Gasteiger partial charge is 0.334 e. The lowest BCUT2D eigenvalue weighted by Gasteiger charge is -2.26. The zero-order chi connectivity index (χ0) is 14.8. The van der Waals surface area contributed by atoms with E-state index in [1.807, 2.05) is 15.8 Å². The second-order valence-electron chi connectivity index (χ2n) is 6.52. The van der Waals surface area contributed by atoms with Crippen molar-refractivity contribution in [2.75, 3.05) is 19.6 Å². The van der Waals surface area contributed by atoms with E-state index < -0.39 is 0 Å². The third kappa shape index (κ3) is 3.43. The number of hydrogen-bond acceptors (Lipinski definition) is 4. The van der Waals surface area contributed by atoms with E-state index in [4.69, 9.17) is 0 Å². The maximum atomic E-state index is 12.7. The summed E-state index contributed by atoms with van der Waals surface area (Å²) in [7, 11) is 0. The molecule has 0 bridgehead atoms. The maximum Gasteiger partial charge on any atom is 0.276 e. The lowest BCUT2D eigenvalue weighted by atomic mass is 10.0. The van der Waals surface area contributed by atoms with Crippen molar-refractivity contribution in [3.05, 3.63) is 11.9 Å². The van der Waals surface area contributed by atoms with Crippen LogP contribution in [0, 0.1) is 5.92 Å². The second-order valence-corrected chi connectivity index (χ2v) is 6.52. The van der Waals surface area contributed by atoms with E-state index in [1.165, 1.54) is 0 Å². The molecule has 2 saturated heterocycles. The molecule has 1 aromatic rings. The van der Waals surface area contributed by atoms with Crippen LogP contribution < -0.4 is 5.32 Å². The molecule has 1 atom stereocenters. The van der Waals surface area contributed by atoms with Gasteiger partial charge in [0.15, 0.2) is 5.69 Å². The molecule has 1 aromatic heterocycles. The number of nitrogens with zero attached hydrogens (tertiary/aromatic N) is 4. The monoisotopic (exact) mass is 327 g/mol. The molecule has 1 amide bonds. The van der Waals surface area contributed by atoms with Crippen LogP contribution in [-0.4, -0.2) is 51.5 Å². The van der Waals surface area contributed by atoms with E-state index in [1.54, 1.807) is 0 Å². The quantitative estimate of drug-likeness (QED) is 0.920. The van der Waals surface area contributed by atoms with E-state index in [0.29, 0.717) is 23.7 Å². The summed E-state index contributed by atoms with van der Waals surface area (Å²) in [4.78, 5) is 14.6. The van der Waals surface area contributed by atoms with Crippen molar-refractivity contribution in [3.63, 3.8) is 0 Å². The minimum atomic E-state index is 0. The van der Waals surface area contributed by atoms with Crippen LogP contribution in [0.1, 0.15) is 56.1 Å². The molecule has 7 heteroatoms. The van der Waals surface area contributed by atoms with Crippen LogP contribution in [0.3, 0.4) is 0 Å². The fourth-order valence-corrected chi connectivity index (χ4v) is 3.51. The second kappa shape index (κ2) is 7.42. The minimum absolute atomic E-state index is 0. The molecule has 0 aromatic carbocycles. The topological polar surface area (TPSA) is 63.1 Å². The average Bonchev–Trinajstić information content (AvgIpc) is 3.17. The average molecular weight is 328 g/mol. The van der Waals surface area contributed by atoms with Gasteiger partial charge in [0, 0.05) is 12.6 Å². The Labute approximate surface area is 138 Å². The van der Waals surface area contributed by atoms with E-state index in [2.05, 4.69) is 29.5 Å². The van der Waals surface area contributed by atoms with Crippen molar-refractivity contribution in [1.82, 2.24) is 25.2 Å². The molecule has 0 radical (unpaired) electrons. The molecule has 0 aliphatic carbocycles. The molecule has 1 unspecified atom stereocenters. The number of likely N-dealkylation sites (tertiary alicyclic amines) is 1. The Balaban J connectivity index is 0.00000176. The first-order chi connectivity index (χ1) is 10.2. The summed E-state index contributed by atoms with van der Waals surface area (Å²) in [5.74, 6) is 0.544. The van der Waals surface area contributed by atoms with Crippen molar-refractivity contribution >= 4 is 18.3 Å². The number of hydrogen-bond donors (Lipinski definition) is 1. The van der Waals surface area contributed by atoms with E-state index in [0.717, 1.165) is 45.3 Å². The van der Waals surface area contributed by atoms with Crippen LogP contribution in [0.15, 0.2) is 6.20 Å². The predicted molar refractivity (Wildman–Crippen MR) is 87.3 cm³/mol. The molecule has 2 aliphatic heterocycles. The number of aromatic nitrogens is 3. The highest BCUT2D eigenvalue weighted by molar-refractivity contribution is 5.92. The molecule has 22 heavy (non-hydrogen) atoms. The first-order valence-electron chi connectivity index (χ1n) is 8.10. The molecule has 0 spiro atoms. The van der Waals surface area contributed by atoms with Crippen molar-refractivity contribution < 1.29 is 4.79 Å². The Kier molecular flexibility index (Phi) is 5.81. The van der Waals surface area contributed by atoms with Crippen molar-refractivity contribution in [2.24, 2.45) is 5.92 Å². The third-order valence-corrected chi connectivity index (χ3v) is 4.74. The fourth-order valence-electron chi connectivity index (χ4n) is 3.51. The number of carbonyl (C=O) groups is 1. The van der Waals surface area contributed by atoms with Crippen molar-refractivity contribution in [3.8, 4) is 0 Å². The zero-order valence-corrected chi connectivity index (χ0v) is 14.2. The SMILES string of the molecule is CC(C)C1CCCN1C(=O)c1cn(C2CCNCC2)nn1.Cl. The molecule has 3 rings (SSSR count). The predicted octanol–water partition coefficient (Wildman–Crippen LogP) is 1.89. The first kappa shape index (κ1) is 17.2. The molecule has 6 nitrogen and oxygen atoms in total. The Bertz CT molecular complexity index is 498. The molecule has 0 saturated carbocycles. The van der Waals surface area contributed by atoms with Gasteiger partial charge in [0.1, 0.15) is 0 Å². The van der Waals surface area contributed by atoms with Gasteiger partial charge in [-0.05, 0) is 44.7 Å². The standard InChI is InChI=1S/C15H25N5O.ClH/c1-11(2)14-4-3-9-19(14)15(21)13-10-20(18-17-13)12-5-7-16-8-6-12;/h10-12,14,16H,3-9H2,1-2H3;1H. The van der Waals surface area contributed by atoms with E-state index >= 15 is 0 Å².